The molecule has 2 aromatic heterocycles. The molecule has 29 heavy (non-hydrogen) atoms. The van der Waals surface area contributed by atoms with Crippen LogP contribution in [-0.4, -0.2) is 79.1 Å². The molecule has 2 amide bonds. The molecule has 0 unspecified atom stereocenters. The van der Waals surface area contributed by atoms with E-state index in [4.69, 9.17) is 9.47 Å². The predicted molar refractivity (Wildman–Crippen MR) is 112 cm³/mol. The molecular formula is C19H27N5O4S. The van der Waals surface area contributed by atoms with Gasteiger partial charge in [-0.1, -0.05) is 18.3 Å². The number of ether oxygens (including phenoxy) is 2. The Bertz CT molecular complexity index is 875. The van der Waals surface area contributed by atoms with Crippen LogP contribution in [0, 0.1) is 5.41 Å². The van der Waals surface area contributed by atoms with E-state index >= 15 is 0 Å². The van der Waals surface area contributed by atoms with Gasteiger partial charge in [0.05, 0.1) is 26.5 Å². The van der Waals surface area contributed by atoms with Gasteiger partial charge in [-0.2, -0.15) is 0 Å². The largest absolute Gasteiger partial charge is 0.493 e. The Morgan fingerprint density at radius 1 is 1.34 bits per heavy atom. The van der Waals surface area contributed by atoms with Crippen LogP contribution in [0.2, 0.25) is 0 Å². The Morgan fingerprint density at radius 3 is 2.72 bits per heavy atom. The molecule has 2 aromatic rings. The number of fused-ring (bicyclic) bond motifs is 1. The van der Waals surface area contributed by atoms with E-state index in [2.05, 4.69) is 27.1 Å². The zero-order valence-electron chi connectivity index (χ0n) is 16.8. The molecule has 4 heterocycles. The summed E-state index contributed by atoms with van der Waals surface area (Å²) in [4.78, 5) is 25.9. The number of likely N-dealkylation sites (tertiary alicyclic amines) is 1. The highest BCUT2D eigenvalue weighted by molar-refractivity contribution is 7.23. The summed E-state index contributed by atoms with van der Waals surface area (Å²) < 4.78 is 11.8. The van der Waals surface area contributed by atoms with Crippen molar-refractivity contribution in [3.8, 4) is 5.75 Å². The number of aliphatic hydroxyl groups excluding tert-OH is 1. The number of urea groups is 1. The Balaban J connectivity index is 1.54. The smallest absolute Gasteiger partial charge is 0.323 e. The number of carbonyl (C=O) groups excluding carboxylic acids is 1. The number of rotatable bonds is 4. The predicted octanol–water partition coefficient (Wildman–Crippen LogP) is 2.16. The number of aliphatic hydroxyl groups is 1. The molecule has 2 aliphatic rings. The number of thiazole rings is 1. The summed E-state index contributed by atoms with van der Waals surface area (Å²) in [5, 5.41) is 13.0. The summed E-state index contributed by atoms with van der Waals surface area (Å²) >= 11 is 1.41. The average molecular weight is 422 g/mol. The maximum atomic E-state index is 12.7. The van der Waals surface area contributed by atoms with Crippen LogP contribution < -0.4 is 15.0 Å². The van der Waals surface area contributed by atoms with Gasteiger partial charge in [0, 0.05) is 32.8 Å². The molecule has 0 aliphatic carbocycles. The van der Waals surface area contributed by atoms with Gasteiger partial charge in [0.15, 0.2) is 10.9 Å². The summed E-state index contributed by atoms with van der Waals surface area (Å²) in [7, 11) is 1.59. The van der Waals surface area contributed by atoms with Gasteiger partial charge in [-0.15, -0.1) is 0 Å². The fraction of sp³-hybridized carbons (Fsp3) is 0.632. The molecule has 10 heteroatoms. The number of hydrogen-bond acceptors (Lipinski definition) is 8. The van der Waals surface area contributed by atoms with E-state index in [1.165, 1.54) is 11.3 Å². The third-order valence-electron chi connectivity index (χ3n) is 5.75. The Morgan fingerprint density at radius 2 is 2.07 bits per heavy atom. The van der Waals surface area contributed by atoms with Gasteiger partial charge in [0.1, 0.15) is 16.0 Å². The quantitative estimate of drug-likeness (QED) is 0.780. The number of anilines is 2. The number of hydrogen-bond donors (Lipinski definition) is 2. The van der Waals surface area contributed by atoms with Gasteiger partial charge < -0.3 is 24.4 Å². The molecule has 2 saturated heterocycles. The van der Waals surface area contributed by atoms with Crippen LogP contribution in [0.4, 0.5) is 15.7 Å². The summed E-state index contributed by atoms with van der Waals surface area (Å²) in [6.07, 6.45) is 3.25. The topological polar surface area (TPSA) is 100 Å². The van der Waals surface area contributed by atoms with Crippen molar-refractivity contribution >= 4 is 38.5 Å². The van der Waals surface area contributed by atoms with Crippen molar-refractivity contribution in [2.24, 2.45) is 5.41 Å². The molecule has 0 bridgehead atoms. The number of aromatic nitrogens is 2. The number of methoxy groups -OCH3 is 1. The van der Waals surface area contributed by atoms with E-state index < -0.39 is 0 Å². The van der Waals surface area contributed by atoms with Crippen LogP contribution in [0.5, 0.6) is 5.75 Å². The Labute approximate surface area is 173 Å². The molecule has 0 aromatic carbocycles. The minimum atomic E-state index is -0.163. The van der Waals surface area contributed by atoms with Crippen molar-refractivity contribution in [2.45, 2.75) is 19.8 Å². The summed E-state index contributed by atoms with van der Waals surface area (Å²) in [5.74, 6) is 1.43. The van der Waals surface area contributed by atoms with E-state index in [9.17, 15) is 9.90 Å². The third kappa shape index (κ3) is 4.10. The lowest BCUT2D eigenvalue weighted by atomic mass is 9.81. The summed E-state index contributed by atoms with van der Waals surface area (Å²) in [6, 6.07) is -0.163. The second-order valence-electron chi connectivity index (χ2n) is 7.83. The average Bonchev–Trinajstić information content (AvgIpc) is 3.17. The highest BCUT2D eigenvalue weighted by Gasteiger charge is 2.31. The van der Waals surface area contributed by atoms with Gasteiger partial charge in [0.2, 0.25) is 0 Å². The molecule has 2 fully saturated rings. The highest BCUT2D eigenvalue weighted by Crippen LogP contribution is 2.38. The van der Waals surface area contributed by atoms with Crippen LogP contribution in [0.3, 0.4) is 0 Å². The first kappa shape index (κ1) is 20.1. The van der Waals surface area contributed by atoms with Gasteiger partial charge in [0.25, 0.3) is 0 Å². The molecule has 2 aliphatic heterocycles. The zero-order chi connectivity index (χ0) is 20.4. The van der Waals surface area contributed by atoms with Crippen LogP contribution in [0.1, 0.15) is 19.8 Å². The molecule has 9 nitrogen and oxygen atoms in total. The van der Waals surface area contributed by atoms with Crippen LogP contribution in [0.25, 0.3) is 10.2 Å². The minimum Gasteiger partial charge on any atom is -0.493 e. The van der Waals surface area contributed by atoms with E-state index in [1.807, 2.05) is 0 Å². The second kappa shape index (κ2) is 8.29. The third-order valence-corrected chi connectivity index (χ3v) is 6.72. The van der Waals surface area contributed by atoms with E-state index in [0.29, 0.717) is 42.7 Å². The molecule has 4 rings (SSSR count). The Hall–Kier alpha value is -2.17. The van der Waals surface area contributed by atoms with Crippen LogP contribution in [0.15, 0.2) is 6.20 Å². The maximum absolute atomic E-state index is 12.7. The number of carbonyl (C=O) groups is 1. The lowest BCUT2D eigenvalue weighted by Gasteiger charge is -2.37. The Kier molecular flexibility index (Phi) is 5.75. The molecular weight excluding hydrogens is 394 g/mol. The number of piperidine rings is 1. The first-order chi connectivity index (χ1) is 14.0. The standard InChI is InChI=1S/C19H27N5O4S/c1-19(12-25)3-5-24(6-4-19)18(26)22-17-21-14-13(27-2)11-20-16(15(14)29-17)23-7-9-28-10-8-23/h11,25H,3-10,12H2,1-2H3,(H,21,22,26). The summed E-state index contributed by atoms with van der Waals surface area (Å²) in [6.45, 7) is 6.32. The van der Waals surface area contributed by atoms with Gasteiger partial charge >= 0.3 is 6.03 Å². The molecule has 0 saturated carbocycles. The van der Waals surface area contributed by atoms with Gasteiger partial charge in [-0.05, 0) is 18.3 Å². The number of pyridine rings is 1. The lowest BCUT2D eigenvalue weighted by molar-refractivity contribution is 0.0728. The monoisotopic (exact) mass is 421 g/mol. The summed E-state index contributed by atoms with van der Waals surface area (Å²) in [5.41, 5.74) is 0.606. The van der Waals surface area contributed by atoms with Crippen LogP contribution in [-0.2, 0) is 4.74 Å². The lowest BCUT2D eigenvalue weighted by Crippen LogP contribution is -2.45. The molecule has 0 spiro atoms. The van der Waals surface area contributed by atoms with Crippen molar-refractivity contribution in [3.05, 3.63) is 6.20 Å². The van der Waals surface area contributed by atoms with Crippen molar-refractivity contribution in [1.82, 2.24) is 14.9 Å². The molecule has 2 N–H and O–H groups in total. The van der Waals surface area contributed by atoms with Crippen molar-refractivity contribution in [1.29, 1.82) is 0 Å². The highest BCUT2D eigenvalue weighted by atomic mass is 32.1. The van der Waals surface area contributed by atoms with Crippen molar-refractivity contribution < 1.29 is 19.4 Å². The SMILES string of the molecule is COc1cnc(N2CCOCC2)c2sc(NC(=O)N3CCC(C)(CO)CC3)nc12. The first-order valence-corrected chi connectivity index (χ1v) is 10.7. The van der Waals surface area contributed by atoms with Crippen molar-refractivity contribution in [2.75, 3.05) is 63.3 Å². The fourth-order valence-corrected chi connectivity index (χ4v) is 4.64. The van der Waals surface area contributed by atoms with E-state index in [1.54, 1.807) is 18.2 Å². The number of nitrogens with zero attached hydrogens (tertiary/aromatic N) is 4. The first-order valence-electron chi connectivity index (χ1n) is 9.86. The number of nitrogens with one attached hydrogen (secondary N) is 1. The zero-order valence-corrected chi connectivity index (χ0v) is 17.6. The second-order valence-corrected chi connectivity index (χ2v) is 8.83. The molecule has 0 atom stereocenters. The van der Waals surface area contributed by atoms with Gasteiger partial charge in [-0.3, -0.25) is 5.32 Å². The van der Waals surface area contributed by atoms with E-state index in [-0.39, 0.29) is 18.1 Å². The molecule has 158 valence electrons. The van der Waals surface area contributed by atoms with Crippen molar-refractivity contribution in [3.63, 3.8) is 0 Å². The van der Waals surface area contributed by atoms with Gasteiger partial charge in [-0.25, -0.2) is 14.8 Å². The van der Waals surface area contributed by atoms with Crippen LogP contribution >= 0.6 is 11.3 Å². The number of amides is 2. The fourth-order valence-electron chi connectivity index (χ4n) is 3.66. The normalized spacial score (nSPS) is 19.4. The maximum Gasteiger partial charge on any atom is 0.323 e. The molecule has 0 radical (unpaired) electrons. The van der Waals surface area contributed by atoms with E-state index in [0.717, 1.165) is 36.4 Å². The minimum absolute atomic E-state index is 0.0985. The number of morpholine rings is 1.